The number of non-ortho nitro benzene ring substituents is 1. The molecule has 1 aromatic rings. The maximum absolute atomic E-state index is 13.4. The molecule has 1 fully saturated rings. The standard InChI is InChI=1S/C13H16FN3O4/c1-2-21-13(18)16-5-3-15(4-6-16)11-7-10(14)8-12(9-11)17(19)20/h7-9H,2-6H2,1H3. The van der Waals surface area contributed by atoms with Gasteiger partial charge in [-0.05, 0) is 13.0 Å². The van der Waals surface area contributed by atoms with Crippen molar-refractivity contribution < 1.29 is 18.8 Å². The number of hydrogen-bond donors (Lipinski definition) is 0. The van der Waals surface area contributed by atoms with Crippen LogP contribution in [-0.2, 0) is 4.74 Å². The molecule has 1 saturated heterocycles. The number of ether oxygens (including phenoxy) is 1. The van der Waals surface area contributed by atoms with Crippen molar-refractivity contribution in [1.82, 2.24) is 4.90 Å². The van der Waals surface area contributed by atoms with E-state index in [4.69, 9.17) is 4.74 Å². The van der Waals surface area contributed by atoms with Crippen LogP contribution in [0.5, 0.6) is 0 Å². The van der Waals surface area contributed by atoms with E-state index in [1.807, 2.05) is 4.90 Å². The van der Waals surface area contributed by atoms with Gasteiger partial charge in [0.2, 0.25) is 0 Å². The molecule has 1 heterocycles. The van der Waals surface area contributed by atoms with Gasteiger partial charge in [-0.1, -0.05) is 0 Å². The average molecular weight is 297 g/mol. The van der Waals surface area contributed by atoms with Crippen molar-refractivity contribution in [2.24, 2.45) is 0 Å². The van der Waals surface area contributed by atoms with Crippen molar-refractivity contribution in [3.63, 3.8) is 0 Å². The number of anilines is 1. The van der Waals surface area contributed by atoms with Gasteiger partial charge in [0, 0.05) is 37.9 Å². The van der Waals surface area contributed by atoms with Crippen LogP contribution < -0.4 is 4.90 Å². The van der Waals surface area contributed by atoms with E-state index in [1.54, 1.807) is 11.8 Å². The minimum atomic E-state index is -0.646. The van der Waals surface area contributed by atoms with E-state index >= 15 is 0 Å². The van der Waals surface area contributed by atoms with Gasteiger partial charge >= 0.3 is 6.09 Å². The third kappa shape index (κ3) is 3.59. The molecule has 0 radical (unpaired) electrons. The Morgan fingerprint density at radius 1 is 1.33 bits per heavy atom. The molecule has 0 N–H and O–H groups in total. The number of piperazine rings is 1. The molecule has 1 aliphatic heterocycles. The van der Waals surface area contributed by atoms with E-state index in [2.05, 4.69) is 0 Å². The van der Waals surface area contributed by atoms with E-state index in [9.17, 15) is 19.3 Å². The van der Waals surface area contributed by atoms with Crippen molar-refractivity contribution >= 4 is 17.5 Å². The minimum Gasteiger partial charge on any atom is -0.450 e. The molecule has 0 saturated carbocycles. The molecular weight excluding hydrogens is 281 g/mol. The first-order valence-corrected chi connectivity index (χ1v) is 6.63. The summed E-state index contributed by atoms with van der Waals surface area (Å²) in [7, 11) is 0. The number of halogens is 1. The Hall–Kier alpha value is -2.38. The van der Waals surface area contributed by atoms with E-state index in [1.165, 1.54) is 12.1 Å². The van der Waals surface area contributed by atoms with E-state index in [0.29, 0.717) is 38.5 Å². The second-order valence-corrected chi connectivity index (χ2v) is 4.60. The predicted molar refractivity (Wildman–Crippen MR) is 73.9 cm³/mol. The van der Waals surface area contributed by atoms with Gasteiger partial charge in [0.15, 0.2) is 0 Å². The van der Waals surface area contributed by atoms with Crippen LogP contribution in [0, 0.1) is 15.9 Å². The Kier molecular flexibility index (Phi) is 4.56. The summed E-state index contributed by atoms with van der Waals surface area (Å²) in [6.45, 7) is 3.86. The van der Waals surface area contributed by atoms with E-state index in [0.717, 1.165) is 6.07 Å². The number of rotatable bonds is 3. The number of nitro benzene ring substituents is 1. The van der Waals surface area contributed by atoms with Gasteiger partial charge in [0.1, 0.15) is 5.82 Å². The van der Waals surface area contributed by atoms with Crippen LogP contribution in [0.15, 0.2) is 18.2 Å². The summed E-state index contributed by atoms with van der Waals surface area (Å²) in [5, 5.41) is 10.8. The fourth-order valence-corrected chi connectivity index (χ4v) is 2.21. The Morgan fingerprint density at radius 3 is 2.57 bits per heavy atom. The summed E-state index contributed by atoms with van der Waals surface area (Å²) in [5.41, 5.74) is 0.169. The number of carbonyl (C=O) groups excluding carboxylic acids is 1. The Bertz CT molecular complexity index is 544. The highest BCUT2D eigenvalue weighted by Crippen LogP contribution is 2.24. The zero-order valence-electron chi connectivity index (χ0n) is 11.6. The van der Waals surface area contributed by atoms with E-state index in [-0.39, 0.29) is 11.8 Å². The van der Waals surface area contributed by atoms with Crippen molar-refractivity contribution in [2.75, 3.05) is 37.7 Å². The average Bonchev–Trinajstić information content (AvgIpc) is 2.47. The van der Waals surface area contributed by atoms with Crippen molar-refractivity contribution in [3.8, 4) is 0 Å². The van der Waals surface area contributed by atoms with Gasteiger partial charge < -0.3 is 14.5 Å². The van der Waals surface area contributed by atoms with Crippen molar-refractivity contribution in [1.29, 1.82) is 0 Å². The molecule has 1 amide bonds. The highest BCUT2D eigenvalue weighted by atomic mass is 19.1. The Morgan fingerprint density at radius 2 is 2.00 bits per heavy atom. The molecule has 0 atom stereocenters. The fourth-order valence-electron chi connectivity index (χ4n) is 2.21. The van der Waals surface area contributed by atoms with Crippen LogP contribution in [0.4, 0.5) is 20.6 Å². The molecule has 1 aromatic carbocycles. The number of carbonyl (C=O) groups is 1. The van der Waals surface area contributed by atoms with Crippen LogP contribution in [0.1, 0.15) is 6.92 Å². The maximum Gasteiger partial charge on any atom is 0.409 e. The van der Waals surface area contributed by atoms with Crippen molar-refractivity contribution in [3.05, 3.63) is 34.1 Å². The lowest BCUT2D eigenvalue weighted by Crippen LogP contribution is -2.49. The number of benzene rings is 1. The van der Waals surface area contributed by atoms with Gasteiger partial charge in [0.25, 0.3) is 5.69 Å². The molecule has 114 valence electrons. The number of nitrogens with zero attached hydrogens (tertiary/aromatic N) is 3. The number of amides is 1. The first kappa shape index (κ1) is 15.0. The van der Waals surface area contributed by atoms with Crippen LogP contribution >= 0.6 is 0 Å². The molecule has 0 aliphatic carbocycles. The normalized spacial score (nSPS) is 15.0. The zero-order chi connectivity index (χ0) is 15.4. The van der Waals surface area contributed by atoms with Crippen LogP contribution in [0.3, 0.4) is 0 Å². The van der Waals surface area contributed by atoms with Crippen LogP contribution in [0.2, 0.25) is 0 Å². The summed E-state index contributed by atoms with van der Waals surface area (Å²) in [6, 6.07) is 3.48. The van der Waals surface area contributed by atoms with Crippen LogP contribution in [0.25, 0.3) is 0 Å². The minimum absolute atomic E-state index is 0.280. The summed E-state index contributed by atoms with van der Waals surface area (Å²) in [6.07, 6.45) is -0.373. The highest BCUT2D eigenvalue weighted by molar-refractivity contribution is 5.68. The highest BCUT2D eigenvalue weighted by Gasteiger charge is 2.23. The number of nitro groups is 1. The lowest BCUT2D eigenvalue weighted by Gasteiger charge is -2.35. The van der Waals surface area contributed by atoms with Gasteiger partial charge in [0.05, 0.1) is 17.6 Å². The van der Waals surface area contributed by atoms with Gasteiger partial charge in [-0.25, -0.2) is 9.18 Å². The maximum atomic E-state index is 13.4. The summed E-state index contributed by atoms with van der Waals surface area (Å²) in [5.74, 6) is -0.646. The largest absolute Gasteiger partial charge is 0.450 e. The molecule has 7 nitrogen and oxygen atoms in total. The lowest BCUT2D eigenvalue weighted by molar-refractivity contribution is -0.385. The predicted octanol–water partition coefficient (Wildman–Crippen LogP) is 2.01. The molecule has 0 spiro atoms. The van der Waals surface area contributed by atoms with Crippen molar-refractivity contribution in [2.45, 2.75) is 6.92 Å². The first-order valence-electron chi connectivity index (χ1n) is 6.63. The van der Waals surface area contributed by atoms with Gasteiger partial charge in [-0.2, -0.15) is 0 Å². The molecule has 1 aliphatic rings. The quantitative estimate of drug-likeness (QED) is 0.630. The second-order valence-electron chi connectivity index (χ2n) is 4.60. The summed E-state index contributed by atoms with van der Waals surface area (Å²) < 4.78 is 18.3. The van der Waals surface area contributed by atoms with Crippen LogP contribution in [-0.4, -0.2) is 48.7 Å². The molecule has 0 bridgehead atoms. The monoisotopic (exact) mass is 297 g/mol. The molecular formula is C13H16FN3O4. The molecule has 21 heavy (non-hydrogen) atoms. The second kappa shape index (κ2) is 6.38. The topological polar surface area (TPSA) is 75.9 Å². The molecule has 0 unspecified atom stereocenters. The van der Waals surface area contributed by atoms with Gasteiger partial charge in [-0.3, -0.25) is 10.1 Å². The molecule has 8 heteroatoms. The molecule has 0 aromatic heterocycles. The Labute approximate surface area is 121 Å². The summed E-state index contributed by atoms with van der Waals surface area (Å²) in [4.78, 5) is 25.1. The number of hydrogen-bond acceptors (Lipinski definition) is 5. The fraction of sp³-hybridized carbons (Fsp3) is 0.462. The summed E-state index contributed by atoms with van der Waals surface area (Å²) >= 11 is 0. The smallest absolute Gasteiger partial charge is 0.409 e. The zero-order valence-corrected chi connectivity index (χ0v) is 11.6. The Balaban J connectivity index is 2.05. The first-order chi connectivity index (χ1) is 10.0. The molecule has 2 rings (SSSR count). The van der Waals surface area contributed by atoms with E-state index < -0.39 is 10.7 Å². The van der Waals surface area contributed by atoms with Gasteiger partial charge in [-0.15, -0.1) is 0 Å². The SMILES string of the molecule is CCOC(=O)N1CCN(c2cc(F)cc([N+](=O)[O-])c2)CC1. The lowest BCUT2D eigenvalue weighted by atomic mass is 10.2. The third-order valence-corrected chi connectivity index (χ3v) is 3.25. The third-order valence-electron chi connectivity index (χ3n) is 3.25.